The summed E-state index contributed by atoms with van der Waals surface area (Å²) in [5.74, 6) is -2.78. The second-order valence-corrected chi connectivity index (χ2v) is 9.44. The summed E-state index contributed by atoms with van der Waals surface area (Å²) in [5.41, 5.74) is 1.78. The van der Waals surface area contributed by atoms with Crippen LogP contribution in [-0.4, -0.2) is 82.6 Å². The average Bonchev–Trinajstić information content (AvgIpc) is 2.99. The molecule has 2 N–H and O–H groups in total. The van der Waals surface area contributed by atoms with Crippen molar-refractivity contribution in [1.82, 2.24) is 20.1 Å². The molecule has 0 aliphatic carbocycles. The van der Waals surface area contributed by atoms with Crippen molar-refractivity contribution in [3.05, 3.63) is 78.2 Å². The Kier molecular flexibility index (Phi) is 9.62. The Bertz CT molecular complexity index is 1410. The highest BCUT2D eigenvalue weighted by Crippen LogP contribution is 2.27. The number of carboxylic acids is 1. The second-order valence-electron chi connectivity index (χ2n) is 9.44. The van der Waals surface area contributed by atoms with Gasteiger partial charge in [0, 0.05) is 38.2 Å². The third-order valence-electron chi connectivity index (χ3n) is 6.68. The Labute approximate surface area is 236 Å². The van der Waals surface area contributed by atoms with Crippen molar-refractivity contribution in [2.45, 2.75) is 25.8 Å². The zero-order chi connectivity index (χ0) is 29.4. The first-order chi connectivity index (χ1) is 19.8. The topological polar surface area (TPSA) is 129 Å². The van der Waals surface area contributed by atoms with Crippen molar-refractivity contribution in [1.29, 1.82) is 0 Å². The van der Waals surface area contributed by atoms with Gasteiger partial charge in [-0.1, -0.05) is 42.5 Å². The summed E-state index contributed by atoms with van der Waals surface area (Å²) in [4.78, 5) is 57.6. The molecule has 1 aromatic heterocycles. The van der Waals surface area contributed by atoms with Gasteiger partial charge in [-0.15, -0.1) is 0 Å². The maximum Gasteiger partial charge on any atom is 0.409 e. The van der Waals surface area contributed by atoms with Gasteiger partial charge in [-0.25, -0.2) is 14.2 Å². The Hall–Kier alpha value is -4.80. The Morgan fingerprint density at radius 1 is 0.951 bits per heavy atom. The summed E-state index contributed by atoms with van der Waals surface area (Å²) in [5, 5.41) is 11.9. The molecule has 11 heteroatoms. The number of amides is 3. The van der Waals surface area contributed by atoms with Crippen LogP contribution in [0.4, 0.5) is 9.18 Å². The van der Waals surface area contributed by atoms with Crippen molar-refractivity contribution in [2.24, 2.45) is 0 Å². The number of pyridine rings is 1. The number of ether oxygens (including phenoxy) is 1. The molecule has 41 heavy (non-hydrogen) atoms. The van der Waals surface area contributed by atoms with E-state index < -0.39 is 35.7 Å². The second kappa shape index (κ2) is 13.5. The molecule has 2 aromatic carbocycles. The fourth-order valence-electron chi connectivity index (χ4n) is 4.55. The number of halogens is 1. The van der Waals surface area contributed by atoms with Crippen molar-refractivity contribution < 1.29 is 33.4 Å². The van der Waals surface area contributed by atoms with Crippen LogP contribution in [0.25, 0.3) is 22.4 Å². The Balaban J connectivity index is 1.59. The van der Waals surface area contributed by atoms with E-state index in [-0.39, 0.29) is 62.6 Å². The quantitative estimate of drug-likeness (QED) is 0.406. The highest BCUT2D eigenvalue weighted by molar-refractivity contribution is 5.98. The third-order valence-corrected chi connectivity index (χ3v) is 6.68. The standard InChI is InChI=1S/C30H31FN4O6/c1-2-41-30(40)35-16-14-34(15-17-35)29(39)24(12-13-27(36)37)33-28(38)26-19-21(20-8-4-3-5-9-20)18-25(32-26)22-10-6-7-11-23(22)31/h3-11,18-19,24H,2,12-17H2,1H3,(H,33,38)(H,36,37)/t24-/m0/s1. The summed E-state index contributed by atoms with van der Waals surface area (Å²) >= 11 is 0. The first kappa shape index (κ1) is 29.2. The highest BCUT2D eigenvalue weighted by Gasteiger charge is 2.31. The molecule has 10 nitrogen and oxygen atoms in total. The number of hydrogen-bond acceptors (Lipinski definition) is 6. The van der Waals surface area contributed by atoms with E-state index in [1.54, 1.807) is 37.3 Å². The molecule has 3 amide bonds. The summed E-state index contributed by atoms with van der Waals surface area (Å²) < 4.78 is 19.7. The number of carbonyl (C=O) groups excluding carboxylic acids is 3. The molecule has 0 bridgehead atoms. The maximum absolute atomic E-state index is 14.7. The molecule has 3 aromatic rings. The number of aromatic nitrogens is 1. The van der Waals surface area contributed by atoms with Crippen LogP contribution in [0.15, 0.2) is 66.7 Å². The summed E-state index contributed by atoms with van der Waals surface area (Å²) in [6, 6.07) is 17.4. The van der Waals surface area contributed by atoms with E-state index in [1.165, 1.54) is 15.9 Å². The van der Waals surface area contributed by atoms with Gasteiger partial charge >= 0.3 is 12.1 Å². The predicted octanol–water partition coefficient (Wildman–Crippen LogP) is 3.82. The van der Waals surface area contributed by atoms with Crippen molar-refractivity contribution in [2.75, 3.05) is 32.8 Å². The lowest BCUT2D eigenvalue weighted by Crippen LogP contribution is -2.56. The monoisotopic (exact) mass is 562 g/mol. The van der Waals surface area contributed by atoms with Gasteiger partial charge in [-0.3, -0.25) is 14.4 Å². The SMILES string of the molecule is CCOC(=O)N1CCN(C(=O)[C@H](CCC(=O)O)NC(=O)c2cc(-c3ccccc3)cc(-c3ccccc3F)n2)CC1. The summed E-state index contributed by atoms with van der Waals surface area (Å²) in [6.07, 6.45) is -0.959. The molecule has 0 unspecified atom stereocenters. The van der Waals surface area contributed by atoms with Crippen LogP contribution in [0.3, 0.4) is 0 Å². The zero-order valence-electron chi connectivity index (χ0n) is 22.6. The molecule has 1 aliphatic heterocycles. The minimum atomic E-state index is -1.15. The van der Waals surface area contributed by atoms with Crippen molar-refractivity contribution in [3.63, 3.8) is 0 Å². The van der Waals surface area contributed by atoms with Crippen LogP contribution < -0.4 is 5.32 Å². The van der Waals surface area contributed by atoms with E-state index in [1.807, 2.05) is 30.3 Å². The van der Waals surface area contributed by atoms with Gasteiger partial charge < -0.3 is 25.0 Å². The molecular formula is C30H31FN4O6. The van der Waals surface area contributed by atoms with E-state index in [4.69, 9.17) is 4.74 Å². The van der Waals surface area contributed by atoms with Gasteiger partial charge in [0.2, 0.25) is 5.91 Å². The number of benzene rings is 2. The molecule has 1 saturated heterocycles. The average molecular weight is 563 g/mol. The van der Waals surface area contributed by atoms with Gasteiger partial charge in [-0.2, -0.15) is 0 Å². The molecule has 0 saturated carbocycles. The fraction of sp³-hybridized carbons (Fsp3) is 0.300. The first-order valence-corrected chi connectivity index (χ1v) is 13.3. The van der Waals surface area contributed by atoms with Crippen molar-refractivity contribution >= 4 is 23.9 Å². The zero-order valence-corrected chi connectivity index (χ0v) is 22.6. The fourth-order valence-corrected chi connectivity index (χ4v) is 4.55. The summed E-state index contributed by atoms with van der Waals surface area (Å²) in [7, 11) is 0. The number of carboxylic acid groups (broad SMARTS) is 1. The predicted molar refractivity (Wildman–Crippen MR) is 148 cm³/mol. The van der Waals surface area contributed by atoms with E-state index in [0.717, 1.165) is 5.56 Å². The van der Waals surface area contributed by atoms with E-state index >= 15 is 0 Å². The minimum Gasteiger partial charge on any atom is -0.481 e. The molecular weight excluding hydrogens is 531 g/mol. The number of rotatable bonds is 9. The lowest BCUT2D eigenvalue weighted by Gasteiger charge is -2.35. The van der Waals surface area contributed by atoms with E-state index in [9.17, 15) is 28.7 Å². The normalized spacial score (nSPS) is 13.8. The van der Waals surface area contributed by atoms with Crippen LogP contribution in [0.2, 0.25) is 0 Å². The lowest BCUT2D eigenvalue weighted by molar-refractivity contribution is -0.138. The minimum absolute atomic E-state index is 0.0511. The summed E-state index contributed by atoms with van der Waals surface area (Å²) in [6.45, 7) is 2.84. The van der Waals surface area contributed by atoms with Gasteiger partial charge in [0.25, 0.3) is 5.91 Å². The highest BCUT2D eigenvalue weighted by atomic mass is 19.1. The van der Waals surface area contributed by atoms with Gasteiger partial charge in [0.05, 0.1) is 12.3 Å². The lowest BCUT2D eigenvalue weighted by atomic mass is 10.0. The molecule has 1 fully saturated rings. The number of piperazine rings is 1. The molecule has 0 spiro atoms. The van der Waals surface area contributed by atoms with Crippen LogP contribution in [0, 0.1) is 5.82 Å². The third kappa shape index (κ3) is 7.44. The smallest absolute Gasteiger partial charge is 0.409 e. The van der Waals surface area contributed by atoms with Crippen LogP contribution in [-0.2, 0) is 14.3 Å². The van der Waals surface area contributed by atoms with E-state index in [0.29, 0.717) is 5.56 Å². The maximum atomic E-state index is 14.7. The molecule has 2 heterocycles. The Morgan fingerprint density at radius 2 is 1.61 bits per heavy atom. The largest absolute Gasteiger partial charge is 0.481 e. The molecule has 214 valence electrons. The number of hydrogen-bond donors (Lipinski definition) is 2. The number of nitrogens with zero attached hydrogens (tertiary/aromatic N) is 3. The van der Waals surface area contributed by atoms with Crippen LogP contribution in [0.5, 0.6) is 0 Å². The van der Waals surface area contributed by atoms with Gasteiger partial charge in [0.1, 0.15) is 17.6 Å². The van der Waals surface area contributed by atoms with Gasteiger partial charge in [0.15, 0.2) is 0 Å². The van der Waals surface area contributed by atoms with Crippen LogP contribution in [0.1, 0.15) is 30.3 Å². The van der Waals surface area contributed by atoms with E-state index in [2.05, 4.69) is 10.3 Å². The van der Waals surface area contributed by atoms with Crippen molar-refractivity contribution in [3.8, 4) is 22.4 Å². The molecule has 1 aliphatic rings. The molecule has 0 radical (unpaired) electrons. The van der Waals surface area contributed by atoms with Gasteiger partial charge in [-0.05, 0) is 48.7 Å². The first-order valence-electron chi connectivity index (χ1n) is 13.3. The number of carbonyl (C=O) groups is 4. The number of aliphatic carboxylic acids is 1. The molecule has 1 atom stereocenters. The molecule has 4 rings (SSSR count). The number of nitrogens with one attached hydrogen (secondary N) is 1. The van der Waals surface area contributed by atoms with Crippen LogP contribution >= 0.6 is 0 Å². The Morgan fingerprint density at radius 3 is 2.27 bits per heavy atom.